The van der Waals surface area contributed by atoms with E-state index in [2.05, 4.69) is 39.2 Å². The Labute approximate surface area is 155 Å². The SMILES string of the molecule is C[C@@H](c1ccccc1)N1CNc2cnc(-c3cnc4ccc(F)cn34)nc21. The summed E-state index contributed by atoms with van der Waals surface area (Å²) in [6, 6.07) is 13.5. The summed E-state index contributed by atoms with van der Waals surface area (Å²) in [6.07, 6.45) is 4.84. The zero-order chi connectivity index (χ0) is 18.4. The Balaban J connectivity index is 1.57. The molecule has 0 saturated heterocycles. The van der Waals surface area contributed by atoms with E-state index in [4.69, 9.17) is 4.98 Å². The van der Waals surface area contributed by atoms with Crippen LogP contribution in [0.2, 0.25) is 0 Å². The minimum Gasteiger partial charge on any atom is -0.363 e. The number of pyridine rings is 1. The number of nitrogens with zero attached hydrogens (tertiary/aromatic N) is 5. The third-order valence-corrected chi connectivity index (χ3v) is 4.93. The van der Waals surface area contributed by atoms with Crippen LogP contribution in [0.3, 0.4) is 0 Å². The highest BCUT2D eigenvalue weighted by molar-refractivity contribution is 5.73. The summed E-state index contributed by atoms with van der Waals surface area (Å²) in [7, 11) is 0. The van der Waals surface area contributed by atoms with Gasteiger partial charge < -0.3 is 10.2 Å². The molecule has 0 unspecified atom stereocenters. The Morgan fingerprint density at radius 3 is 2.78 bits per heavy atom. The molecule has 1 aliphatic heterocycles. The van der Waals surface area contributed by atoms with Gasteiger partial charge in [-0.3, -0.25) is 4.40 Å². The van der Waals surface area contributed by atoms with E-state index in [9.17, 15) is 4.39 Å². The summed E-state index contributed by atoms with van der Waals surface area (Å²) in [5, 5.41) is 3.34. The van der Waals surface area contributed by atoms with Crippen LogP contribution in [0.15, 0.2) is 61.1 Å². The topological polar surface area (TPSA) is 58.3 Å². The summed E-state index contributed by atoms with van der Waals surface area (Å²) < 4.78 is 15.3. The lowest BCUT2D eigenvalue weighted by Gasteiger charge is -2.25. The summed E-state index contributed by atoms with van der Waals surface area (Å²) in [5.41, 5.74) is 3.42. The van der Waals surface area contributed by atoms with Gasteiger partial charge in [-0.15, -0.1) is 0 Å². The molecule has 3 aromatic heterocycles. The fourth-order valence-electron chi connectivity index (χ4n) is 3.44. The van der Waals surface area contributed by atoms with Gasteiger partial charge in [0.05, 0.1) is 30.8 Å². The number of hydrogen-bond acceptors (Lipinski definition) is 5. The number of fused-ring (bicyclic) bond motifs is 2. The number of nitrogens with one attached hydrogen (secondary N) is 1. The number of benzene rings is 1. The first-order valence-corrected chi connectivity index (χ1v) is 8.76. The monoisotopic (exact) mass is 360 g/mol. The third kappa shape index (κ3) is 2.59. The van der Waals surface area contributed by atoms with Crippen LogP contribution in [0, 0.1) is 5.82 Å². The average Bonchev–Trinajstić information content (AvgIpc) is 3.31. The molecular weight excluding hydrogens is 343 g/mol. The molecule has 1 N–H and O–H groups in total. The van der Waals surface area contributed by atoms with Crippen LogP contribution in [0.4, 0.5) is 15.9 Å². The fourth-order valence-corrected chi connectivity index (χ4v) is 3.44. The van der Waals surface area contributed by atoms with Gasteiger partial charge in [-0.25, -0.2) is 19.3 Å². The van der Waals surface area contributed by atoms with Gasteiger partial charge >= 0.3 is 0 Å². The van der Waals surface area contributed by atoms with Crippen LogP contribution >= 0.6 is 0 Å². The molecule has 0 radical (unpaired) electrons. The number of hydrogen-bond donors (Lipinski definition) is 1. The molecule has 7 heteroatoms. The van der Waals surface area contributed by atoms with E-state index >= 15 is 0 Å². The molecule has 0 saturated carbocycles. The summed E-state index contributed by atoms with van der Waals surface area (Å²) in [6.45, 7) is 2.81. The van der Waals surface area contributed by atoms with Crippen LogP contribution < -0.4 is 10.2 Å². The van der Waals surface area contributed by atoms with Gasteiger partial charge in [-0.2, -0.15) is 0 Å². The zero-order valence-electron chi connectivity index (χ0n) is 14.7. The van der Waals surface area contributed by atoms with Gasteiger partial charge in [-0.05, 0) is 24.6 Å². The molecule has 1 aliphatic rings. The van der Waals surface area contributed by atoms with Crippen LogP contribution in [0.25, 0.3) is 17.2 Å². The molecule has 27 heavy (non-hydrogen) atoms. The van der Waals surface area contributed by atoms with E-state index in [0.29, 0.717) is 23.8 Å². The highest BCUT2D eigenvalue weighted by Crippen LogP contribution is 2.36. The Bertz CT molecular complexity index is 1120. The van der Waals surface area contributed by atoms with Gasteiger partial charge in [0.1, 0.15) is 17.2 Å². The van der Waals surface area contributed by atoms with Crippen molar-refractivity contribution in [1.29, 1.82) is 0 Å². The average molecular weight is 360 g/mol. The molecule has 134 valence electrons. The van der Waals surface area contributed by atoms with Crippen molar-refractivity contribution < 1.29 is 4.39 Å². The first-order valence-electron chi connectivity index (χ1n) is 8.76. The van der Waals surface area contributed by atoms with Crippen molar-refractivity contribution in [3.8, 4) is 11.5 Å². The molecular formula is C20H17FN6. The number of imidazole rings is 1. The molecule has 1 aromatic carbocycles. The van der Waals surface area contributed by atoms with Gasteiger partial charge in [0, 0.05) is 6.20 Å². The van der Waals surface area contributed by atoms with Gasteiger partial charge in [0.2, 0.25) is 0 Å². The summed E-state index contributed by atoms with van der Waals surface area (Å²) in [5.74, 6) is 1.02. The van der Waals surface area contributed by atoms with Crippen LogP contribution in [0.5, 0.6) is 0 Å². The number of halogens is 1. The molecule has 6 nitrogen and oxygen atoms in total. The lowest BCUT2D eigenvalue weighted by molar-refractivity contribution is 0.619. The molecule has 1 atom stereocenters. The third-order valence-electron chi connectivity index (χ3n) is 4.93. The maximum atomic E-state index is 13.7. The Morgan fingerprint density at radius 2 is 1.93 bits per heavy atom. The normalized spacial score (nSPS) is 14.2. The molecule has 0 amide bonds. The molecule has 0 aliphatic carbocycles. The first kappa shape index (κ1) is 15.7. The van der Waals surface area contributed by atoms with E-state index in [1.807, 2.05) is 18.2 Å². The van der Waals surface area contributed by atoms with Crippen molar-refractivity contribution in [2.24, 2.45) is 0 Å². The van der Waals surface area contributed by atoms with Crippen LogP contribution in [-0.4, -0.2) is 26.0 Å². The molecule has 0 bridgehead atoms. The van der Waals surface area contributed by atoms with Crippen molar-refractivity contribution in [1.82, 2.24) is 19.4 Å². The van der Waals surface area contributed by atoms with Gasteiger partial charge in [0.25, 0.3) is 0 Å². The summed E-state index contributed by atoms with van der Waals surface area (Å²) >= 11 is 0. The standard InChI is InChI=1S/C20H17FN6/c1-13(14-5-3-2-4-6-14)27-12-24-16-9-23-19(25-20(16)27)17-10-22-18-8-7-15(21)11-26(17)18/h2-11,13,24H,12H2,1H3/t13-/m0/s1. The van der Waals surface area contributed by atoms with Crippen molar-refractivity contribution in [2.45, 2.75) is 13.0 Å². The van der Waals surface area contributed by atoms with Crippen molar-refractivity contribution >= 4 is 17.2 Å². The van der Waals surface area contributed by atoms with E-state index in [-0.39, 0.29) is 11.9 Å². The smallest absolute Gasteiger partial charge is 0.180 e. The maximum absolute atomic E-state index is 13.7. The molecule has 5 rings (SSSR count). The number of rotatable bonds is 3. The van der Waals surface area contributed by atoms with E-state index in [1.54, 1.807) is 22.9 Å². The summed E-state index contributed by atoms with van der Waals surface area (Å²) in [4.78, 5) is 15.7. The predicted octanol–water partition coefficient (Wildman–Crippen LogP) is 3.88. The van der Waals surface area contributed by atoms with Crippen molar-refractivity contribution in [3.05, 3.63) is 72.4 Å². The predicted molar refractivity (Wildman–Crippen MR) is 102 cm³/mol. The quantitative estimate of drug-likeness (QED) is 0.601. The minimum absolute atomic E-state index is 0.155. The number of anilines is 2. The molecule has 4 heterocycles. The molecule has 0 fully saturated rings. The highest BCUT2D eigenvalue weighted by atomic mass is 19.1. The van der Waals surface area contributed by atoms with E-state index in [0.717, 1.165) is 11.5 Å². The largest absolute Gasteiger partial charge is 0.363 e. The Kier molecular flexibility index (Phi) is 3.53. The Morgan fingerprint density at radius 1 is 1.07 bits per heavy atom. The maximum Gasteiger partial charge on any atom is 0.180 e. The Hall–Kier alpha value is -3.48. The second kappa shape index (κ2) is 6.05. The molecule has 0 spiro atoms. The zero-order valence-corrected chi connectivity index (χ0v) is 14.7. The second-order valence-electron chi connectivity index (χ2n) is 6.54. The van der Waals surface area contributed by atoms with E-state index < -0.39 is 0 Å². The lowest BCUT2D eigenvalue weighted by Crippen LogP contribution is -2.27. The van der Waals surface area contributed by atoms with Crippen molar-refractivity contribution in [3.63, 3.8) is 0 Å². The minimum atomic E-state index is -0.330. The van der Waals surface area contributed by atoms with E-state index in [1.165, 1.54) is 17.8 Å². The first-order chi connectivity index (χ1) is 13.2. The molecule has 4 aromatic rings. The highest BCUT2D eigenvalue weighted by Gasteiger charge is 2.27. The van der Waals surface area contributed by atoms with Crippen LogP contribution in [-0.2, 0) is 0 Å². The number of aromatic nitrogens is 4. The fraction of sp³-hybridized carbons (Fsp3) is 0.150. The second-order valence-corrected chi connectivity index (χ2v) is 6.54. The van der Waals surface area contributed by atoms with Crippen LogP contribution in [0.1, 0.15) is 18.5 Å². The van der Waals surface area contributed by atoms with Gasteiger partial charge in [0.15, 0.2) is 11.6 Å². The van der Waals surface area contributed by atoms with Crippen molar-refractivity contribution in [2.75, 3.05) is 16.9 Å². The lowest BCUT2D eigenvalue weighted by atomic mass is 10.1. The van der Waals surface area contributed by atoms with Gasteiger partial charge in [-0.1, -0.05) is 30.3 Å².